The van der Waals surface area contributed by atoms with E-state index >= 15 is 0 Å². The van der Waals surface area contributed by atoms with Crippen LogP contribution < -0.4 is 5.32 Å². The molecule has 1 saturated heterocycles. The Balaban J connectivity index is 1.34. The lowest BCUT2D eigenvalue weighted by molar-refractivity contribution is -0.225. The van der Waals surface area contributed by atoms with Crippen molar-refractivity contribution >= 4 is 23.2 Å². The van der Waals surface area contributed by atoms with Gasteiger partial charge >= 0.3 is 6.18 Å². The Morgan fingerprint density at radius 1 is 0.833 bits per heavy atom. The van der Waals surface area contributed by atoms with E-state index in [-0.39, 0.29) is 35.5 Å². The summed E-state index contributed by atoms with van der Waals surface area (Å²) in [5.41, 5.74) is 0. The molecule has 3 aliphatic carbocycles. The lowest BCUT2D eigenvalue weighted by Crippen LogP contribution is -2.47. The fourth-order valence-electron chi connectivity index (χ4n) is 6.00. The van der Waals surface area contributed by atoms with E-state index in [0.29, 0.717) is 25.3 Å². The first kappa shape index (κ1) is 23.4. The first-order valence-corrected chi connectivity index (χ1v) is 12.6. The molecule has 30 heavy (non-hydrogen) atoms. The Labute approximate surface area is 187 Å². The predicted molar refractivity (Wildman–Crippen MR) is 112 cm³/mol. The summed E-state index contributed by atoms with van der Waals surface area (Å²) in [5, 5.41) is 3.61. The molecule has 0 aromatic heterocycles. The second-order valence-corrected chi connectivity index (χ2v) is 11.0. The summed E-state index contributed by atoms with van der Waals surface area (Å²) in [6.07, 6.45) is 3.63. The summed E-state index contributed by atoms with van der Waals surface area (Å²) in [6, 6.07) is 0. The Kier molecular flexibility index (Phi) is 7.82. The third-order valence-electron chi connectivity index (χ3n) is 7.67. The Bertz CT molecular complexity index is 559. The molecule has 4 aliphatic rings. The zero-order valence-electron chi connectivity index (χ0n) is 17.4. The van der Waals surface area contributed by atoms with Crippen LogP contribution in [0.3, 0.4) is 0 Å². The number of hydrogen-bond acceptors (Lipinski definition) is 3. The maximum atomic E-state index is 14.0. The van der Waals surface area contributed by atoms with Crippen LogP contribution in [-0.2, 0) is 9.47 Å². The van der Waals surface area contributed by atoms with Gasteiger partial charge in [0, 0.05) is 23.2 Å². The fourth-order valence-corrected chi connectivity index (χ4v) is 6.63. The Morgan fingerprint density at radius 2 is 1.57 bits per heavy atom. The van der Waals surface area contributed by atoms with E-state index in [0.717, 1.165) is 51.4 Å². The molecule has 3 nitrogen and oxygen atoms in total. The van der Waals surface area contributed by atoms with Crippen LogP contribution in [0.1, 0.15) is 70.6 Å². The first-order chi connectivity index (χ1) is 14.3. The van der Waals surface area contributed by atoms with Crippen LogP contribution in [0.25, 0.3) is 0 Å². The van der Waals surface area contributed by atoms with E-state index in [2.05, 4.69) is 5.32 Å². The SMILES string of the molecule is FC(F)(F)C1CC(OC2CCC(Cl)CC2)CCC1C1NCC(C2CCCC(Cl)C2)O1. The number of ether oxygens (including phenoxy) is 2. The molecule has 0 bridgehead atoms. The highest BCUT2D eigenvalue weighted by atomic mass is 35.5. The smallest absolute Gasteiger partial charge is 0.375 e. The lowest BCUT2D eigenvalue weighted by Gasteiger charge is -2.41. The van der Waals surface area contributed by atoms with Gasteiger partial charge in [0.15, 0.2) is 0 Å². The zero-order valence-corrected chi connectivity index (χ0v) is 18.9. The van der Waals surface area contributed by atoms with Gasteiger partial charge in [-0.2, -0.15) is 13.2 Å². The van der Waals surface area contributed by atoms with Crippen LogP contribution in [0.15, 0.2) is 0 Å². The van der Waals surface area contributed by atoms with Crippen molar-refractivity contribution in [1.29, 1.82) is 0 Å². The Hall–Kier alpha value is 0.250. The van der Waals surface area contributed by atoms with Gasteiger partial charge in [-0.3, -0.25) is 5.32 Å². The van der Waals surface area contributed by atoms with E-state index in [9.17, 15) is 13.2 Å². The van der Waals surface area contributed by atoms with Gasteiger partial charge in [-0.25, -0.2) is 0 Å². The second kappa shape index (κ2) is 10.0. The van der Waals surface area contributed by atoms with Gasteiger partial charge in [0.2, 0.25) is 0 Å². The molecule has 7 atom stereocenters. The number of hydrogen-bond donors (Lipinski definition) is 1. The molecule has 0 amide bonds. The topological polar surface area (TPSA) is 30.5 Å². The molecule has 0 aromatic carbocycles. The van der Waals surface area contributed by atoms with Gasteiger partial charge in [0.05, 0.1) is 24.2 Å². The van der Waals surface area contributed by atoms with Gasteiger partial charge in [-0.1, -0.05) is 6.42 Å². The molecule has 4 rings (SSSR count). The minimum atomic E-state index is -4.24. The van der Waals surface area contributed by atoms with E-state index < -0.39 is 24.2 Å². The maximum Gasteiger partial charge on any atom is 0.392 e. The van der Waals surface area contributed by atoms with Crippen molar-refractivity contribution in [3.63, 3.8) is 0 Å². The average molecular weight is 472 g/mol. The van der Waals surface area contributed by atoms with E-state index in [1.165, 1.54) is 0 Å². The molecule has 0 spiro atoms. The van der Waals surface area contributed by atoms with Crippen LogP contribution in [0.5, 0.6) is 0 Å². The molecule has 1 aliphatic heterocycles. The third-order valence-corrected chi connectivity index (χ3v) is 8.50. The summed E-state index contributed by atoms with van der Waals surface area (Å²) in [5.74, 6) is -1.59. The quantitative estimate of drug-likeness (QED) is 0.509. The lowest BCUT2D eigenvalue weighted by atomic mass is 9.76. The minimum absolute atomic E-state index is 0.0230. The van der Waals surface area contributed by atoms with Crippen LogP contribution in [0.4, 0.5) is 13.2 Å². The Morgan fingerprint density at radius 3 is 2.27 bits per heavy atom. The molecule has 174 valence electrons. The molecule has 1 N–H and O–H groups in total. The molecule has 0 radical (unpaired) electrons. The minimum Gasteiger partial charge on any atom is -0.375 e. The van der Waals surface area contributed by atoms with Crippen LogP contribution in [0.2, 0.25) is 0 Å². The molecule has 4 fully saturated rings. The third kappa shape index (κ3) is 5.78. The van der Waals surface area contributed by atoms with Crippen molar-refractivity contribution in [3.8, 4) is 0 Å². The normalized spacial score (nSPS) is 46.1. The molecule has 3 saturated carbocycles. The van der Waals surface area contributed by atoms with Crippen molar-refractivity contribution in [2.75, 3.05) is 6.54 Å². The largest absolute Gasteiger partial charge is 0.392 e. The zero-order chi connectivity index (χ0) is 21.3. The van der Waals surface area contributed by atoms with Crippen molar-refractivity contribution in [1.82, 2.24) is 5.32 Å². The van der Waals surface area contributed by atoms with Gasteiger partial charge in [0.1, 0.15) is 6.23 Å². The molecule has 1 heterocycles. The van der Waals surface area contributed by atoms with E-state index in [1.54, 1.807) is 0 Å². The molecule has 7 unspecified atom stereocenters. The summed E-state index contributed by atoms with van der Waals surface area (Å²) in [4.78, 5) is 0. The van der Waals surface area contributed by atoms with Crippen molar-refractivity contribution < 1.29 is 22.6 Å². The van der Waals surface area contributed by atoms with E-state index in [1.807, 2.05) is 0 Å². The average Bonchev–Trinajstić information content (AvgIpc) is 3.19. The van der Waals surface area contributed by atoms with Gasteiger partial charge < -0.3 is 9.47 Å². The van der Waals surface area contributed by atoms with Crippen molar-refractivity contribution in [3.05, 3.63) is 0 Å². The van der Waals surface area contributed by atoms with Crippen molar-refractivity contribution in [2.24, 2.45) is 17.8 Å². The second-order valence-electron chi connectivity index (χ2n) is 9.78. The summed E-state index contributed by atoms with van der Waals surface area (Å²) in [7, 11) is 0. The van der Waals surface area contributed by atoms with E-state index in [4.69, 9.17) is 32.7 Å². The molecular weight excluding hydrogens is 438 g/mol. The monoisotopic (exact) mass is 471 g/mol. The first-order valence-electron chi connectivity index (χ1n) is 11.7. The number of nitrogens with one attached hydrogen (secondary N) is 1. The van der Waals surface area contributed by atoms with Crippen LogP contribution >= 0.6 is 23.2 Å². The van der Waals surface area contributed by atoms with Crippen molar-refractivity contribution in [2.45, 2.75) is 112 Å². The van der Waals surface area contributed by atoms with Gasteiger partial charge in [-0.15, -0.1) is 23.2 Å². The molecule has 8 heteroatoms. The molecular formula is C22H34Cl2F3NO2. The number of alkyl halides is 5. The molecule has 0 aromatic rings. The fraction of sp³-hybridized carbons (Fsp3) is 1.00. The number of rotatable bonds is 4. The standard InChI is InChI=1S/C22H34Cl2F3NO2/c23-14-4-6-16(7-5-14)29-17-8-9-18(19(11-17)22(25,26)27)21-28-12-20(30-21)13-2-1-3-15(24)10-13/h13-21,28H,1-12H2. The van der Waals surface area contributed by atoms with Crippen LogP contribution in [0, 0.1) is 17.8 Å². The van der Waals surface area contributed by atoms with Gasteiger partial charge in [0.25, 0.3) is 0 Å². The summed E-state index contributed by atoms with van der Waals surface area (Å²) >= 11 is 12.5. The summed E-state index contributed by atoms with van der Waals surface area (Å²) in [6.45, 7) is 0.627. The maximum absolute atomic E-state index is 14.0. The number of halogens is 5. The highest BCUT2D eigenvalue weighted by Gasteiger charge is 2.52. The highest BCUT2D eigenvalue weighted by Crippen LogP contribution is 2.46. The summed E-state index contributed by atoms with van der Waals surface area (Å²) < 4.78 is 54.2. The highest BCUT2D eigenvalue weighted by molar-refractivity contribution is 6.20. The van der Waals surface area contributed by atoms with Gasteiger partial charge in [-0.05, 0) is 70.1 Å². The predicted octanol–water partition coefficient (Wildman–Crippen LogP) is 6.01. The van der Waals surface area contributed by atoms with Crippen LogP contribution in [-0.4, -0.2) is 48.0 Å².